The van der Waals surface area contributed by atoms with E-state index in [4.69, 9.17) is 9.26 Å². The molecule has 0 N–H and O–H groups in total. The molecule has 0 unspecified atom stereocenters. The van der Waals surface area contributed by atoms with Crippen LogP contribution in [0.25, 0.3) is 10.2 Å². The van der Waals surface area contributed by atoms with Crippen LogP contribution in [0.4, 0.5) is 5.13 Å². The largest absolute Gasteiger partial charge is 0.379 e. The van der Waals surface area contributed by atoms with E-state index in [1.807, 2.05) is 12.1 Å². The Morgan fingerprint density at radius 2 is 2.11 bits per heavy atom. The van der Waals surface area contributed by atoms with Crippen LogP contribution in [0.3, 0.4) is 0 Å². The number of amides is 1. The fourth-order valence-electron chi connectivity index (χ4n) is 2.94. The number of benzene rings is 1. The Labute approximate surface area is 167 Å². The highest BCUT2D eigenvalue weighted by Gasteiger charge is 2.25. The Hall–Kier alpha value is -2.00. The molecule has 7 nitrogen and oxygen atoms in total. The van der Waals surface area contributed by atoms with Gasteiger partial charge in [0.1, 0.15) is 0 Å². The van der Waals surface area contributed by atoms with Crippen LogP contribution >= 0.6 is 23.7 Å². The maximum absolute atomic E-state index is 12.9. The van der Waals surface area contributed by atoms with Crippen molar-refractivity contribution in [3.05, 3.63) is 41.8 Å². The van der Waals surface area contributed by atoms with E-state index in [0.29, 0.717) is 11.7 Å². The van der Waals surface area contributed by atoms with Crippen molar-refractivity contribution in [3.63, 3.8) is 0 Å². The van der Waals surface area contributed by atoms with E-state index in [1.165, 1.54) is 23.1 Å². The average Bonchev–Trinajstić information content (AvgIpc) is 3.32. The molecule has 0 saturated carbocycles. The van der Waals surface area contributed by atoms with Gasteiger partial charge in [-0.05, 0) is 24.6 Å². The number of carbonyl (C=O) groups excluding carboxylic acids is 1. The third-order valence-corrected chi connectivity index (χ3v) is 5.44. The molecule has 3 heterocycles. The molecule has 144 valence electrons. The van der Waals surface area contributed by atoms with Crippen LogP contribution in [0, 0.1) is 6.92 Å². The lowest BCUT2D eigenvalue weighted by atomic mass is 10.2. The molecule has 0 atom stereocenters. The van der Waals surface area contributed by atoms with Crippen molar-refractivity contribution < 1.29 is 14.1 Å². The van der Waals surface area contributed by atoms with Gasteiger partial charge in [-0.15, -0.1) is 12.4 Å². The van der Waals surface area contributed by atoms with Crippen LogP contribution in [0.5, 0.6) is 0 Å². The molecular weight excluding hydrogens is 388 g/mol. The van der Waals surface area contributed by atoms with Gasteiger partial charge in [-0.3, -0.25) is 14.6 Å². The van der Waals surface area contributed by atoms with Crippen LogP contribution in [0.1, 0.15) is 16.1 Å². The lowest BCUT2D eigenvalue weighted by Crippen LogP contribution is -2.43. The van der Waals surface area contributed by atoms with E-state index in [-0.39, 0.29) is 24.1 Å². The highest BCUT2D eigenvalue weighted by atomic mass is 35.5. The van der Waals surface area contributed by atoms with E-state index in [1.54, 1.807) is 11.0 Å². The highest BCUT2D eigenvalue weighted by molar-refractivity contribution is 7.22. The first-order valence-corrected chi connectivity index (χ1v) is 9.42. The number of hydrogen-bond donors (Lipinski definition) is 0. The molecule has 27 heavy (non-hydrogen) atoms. The Bertz CT molecular complexity index is 893. The van der Waals surface area contributed by atoms with Crippen molar-refractivity contribution in [1.29, 1.82) is 0 Å². The van der Waals surface area contributed by atoms with Gasteiger partial charge in [-0.2, -0.15) is 0 Å². The number of thiazole rings is 1. The summed E-state index contributed by atoms with van der Waals surface area (Å²) in [4.78, 5) is 21.6. The molecule has 0 bridgehead atoms. The van der Waals surface area contributed by atoms with Gasteiger partial charge in [0.2, 0.25) is 5.76 Å². The normalized spacial score (nSPS) is 14.9. The minimum Gasteiger partial charge on any atom is -0.379 e. The van der Waals surface area contributed by atoms with Crippen molar-refractivity contribution in [2.24, 2.45) is 0 Å². The molecule has 1 amide bonds. The monoisotopic (exact) mass is 408 g/mol. The number of rotatable bonds is 5. The molecule has 0 aliphatic carbocycles. The van der Waals surface area contributed by atoms with Gasteiger partial charge < -0.3 is 9.26 Å². The van der Waals surface area contributed by atoms with Crippen LogP contribution in [-0.4, -0.2) is 60.3 Å². The summed E-state index contributed by atoms with van der Waals surface area (Å²) < 4.78 is 11.5. The van der Waals surface area contributed by atoms with Crippen LogP contribution < -0.4 is 4.90 Å². The zero-order valence-electron chi connectivity index (χ0n) is 15.0. The number of anilines is 1. The summed E-state index contributed by atoms with van der Waals surface area (Å²) in [5.41, 5.74) is 2.08. The van der Waals surface area contributed by atoms with E-state index in [0.717, 1.165) is 43.1 Å². The number of halogens is 1. The third kappa shape index (κ3) is 4.47. The number of aryl methyl sites for hydroxylation is 1. The predicted molar refractivity (Wildman–Crippen MR) is 107 cm³/mol. The molecule has 1 fully saturated rings. The van der Waals surface area contributed by atoms with Crippen LogP contribution in [0.2, 0.25) is 0 Å². The smallest absolute Gasteiger partial charge is 0.298 e. The predicted octanol–water partition coefficient (Wildman–Crippen LogP) is 2.99. The second-order valence-corrected chi connectivity index (χ2v) is 7.26. The van der Waals surface area contributed by atoms with E-state index >= 15 is 0 Å². The quantitative estimate of drug-likeness (QED) is 0.646. The van der Waals surface area contributed by atoms with E-state index in [9.17, 15) is 4.79 Å². The minimum atomic E-state index is -0.216. The molecule has 1 aromatic carbocycles. The second kappa shape index (κ2) is 8.79. The summed E-state index contributed by atoms with van der Waals surface area (Å²) in [6, 6.07) is 7.70. The maximum atomic E-state index is 12.9. The molecule has 9 heteroatoms. The van der Waals surface area contributed by atoms with E-state index < -0.39 is 0 Å². The van der Waals surface area contributed by atoms with Crippen molar-refractivity contribution in [3.8, 4) is 0 Å². The molecular formula is C18H21ClN4O3S. The molecule has 3 aromatic rings. The number of carbonyl (C=O) groups is 1. The van der Waals surface area contributed by atoms with Crippen LogP contribution in [-0.2, 0) is 4.74 Å². The van der Waals surface area contributed by atoms with Gasteiger partial charge >= 0.3 is 0 Å². The van der Waals surface area contributed by atoms with Crippen molar-refractivity contribution in [2.45, 2.75) is 6.92 Å². The molecule has 0 radical (unpaired) electrons. The van der Waals surface area contributed by atoms with Crippen molar-refractivity contribution in [2.75, 3.05) is 44.3 Å². The lowest BCUT2D eigenvalue weighted by molar-refractivity contribution is 0.0390. The zero-order valence-corrected chi connectivity index (χ0v) is 16.6. The zero-order chi connectivity index (χ0) is 17.9. The van der Waals surface area contributed by atoms with Gasteiger partial charge in [-0.25, -0.2) is 4.98 Å². The Balaban J connectivity index is 0.00000210. The number of ether oxygens (including phenoxy) is 1. The summed E-state index contributed by atoms with van der Waals surface area (Å²) in [5, 5.41) is 4.34. The Morgan fingerprint density at radius 3 is 2.85 bits per heavy atom. The summed E-state index contributed by atoms with van der Waals surface area (Å²) >= 11 is 1.52. The number of nitrogens with zero attached hydrogens (tertiary/aromatic N) is 4. The number of aromatic nitrogens is 2. The minimum absolute atomic E-state index is 0. The first kappa shape index (κ1) is 19.8. The molecule has 1 saturated heterocycles. The fraction of sp³-hybridized carbons (Fsp3) is 0.389. The maximum Gasteiger partial charge on any atom is 0.298 e. The van der Waals surface area contributed by atoms with Gasteiger partial charge in [0.25, 0.3) is 5.91 Å². The molecule has 0 spiro atoms. The lowest BCUT2D eigenvalue weighted by Gasteiger charge is -2.28. The van der Waals surface area contributed by atoms with Gasteiger partial charge in [0.15, 0.2) is 5.13 Å². The standard InChI is InChI=1S/C18H20N4O3S.ClH/c1-13-2-3-14-16(12-13)26-18(20-14)22(17(23)15-4-5-19-25-15)7-6-21-8-10-24-11-9-21;/h2-5,12H,6-11H2,1H3;1H. The topological polar surface area (TPSA) is 71.7 Å². The highest BCUT2D eigenvalue weighted by Crippen LogP contribution is 2.30. The Kier molecular flexibility index (Phi) is 6.43. The summed E-state index contributed by atoms with van der Waals surface area (Å²) in [5.74, 6) is 0.00829. The number of morpholine rings is 1. The number of hydrogen-bond acceptors (Lipinski definition) is 7. The van der Waals surface area contributed by atoms with Crippen molar-refractivity contribution >= 4 is 45.0 Å². The Morgan fingerprint density at radius 1 is 1.30 bits per heavy atom. The molecule has 2 aromatic heterocycles. The van der Waals surface area contributed by atoms with Crippen LogP contribution in [0.15, 0.2) is 35.0 Å². The summed E-state index contributed by atoms with van der Waals surface area (Å²) in [6.45, 7) is 6.57. The first-order chi connectivity index (χ1) is 12.7. The SMILES string of the molecule is Cc1ccc2nc(N(CCN3CCOCC3)C(=O)c3ccno3)sc2c1.Cl. The molecule has 1 aliphatic heterocycles. The van der Waals surface area contributed by atoms with Gasteiger partial charge in [0.05, 0.1) is 29.6 Å². The van der Waals surface area contributed by atoms with Gasteiger partial charge in [-0.1, -0.05) is 22.6 Å². The third-order valence-electron chi connectivity index (χ3n) is 4.40. The molecule has 1 aliphatic rings. The fourth-order valence-corrected chi connectivity index (χ4v) is 4.03. The van der Waals surface area contributed by atoms with Crippen molar-refractivity contribution in [1.82, 2.24) is 15.0 Å². The van der Waals surface area contributed by atoms with Gasteiger partial charge in [0, 0.05) is 32.2 Å². The number of fused-ring (bicyclic) bond motifs is 1. The molecule has 4 rings (SSSR count). The van der Waals surface area contributed by atoms with E-state index in [2.05, 4.69) is 28.0 Å². The second-order valence-electron chi connectivity index (χ2n) is 6.26. The average molecular weight is 409 g/mol. The summed E-state index contributed by atoms with van der Waals surface area (Å²) in [6.07, 6.45) is 1.48. The summed E-state index contributed by atoms with van der Waals surface area (Å²) in [7, 11) is 0. The first-order valence-electron chi connectivity index (χ1n) is 8.60.